The second kappa shape index (κ2) is 6.03. The number of hydrogen-bond acceptors (Lipinski definition) is 3. The van der Waals surface area contributed by atoms with Crippen LogP contribution in [0.5, 0.6) is 0 Å². The molecule has 0 aliphatic rings. The van der Waals surface area contributed by atoms with Gasteiger partial charge in [-0.15, -0.1) is 0 Å². The van der Waals surface area contributed by atoms with E-state index < -0.39 is 0 Å². The minimum Gasteiger partial charge on any atom is -0.373 e. The molecule has 1 N–H and O–H groups in total. The van der Waals surface area contributed by atoms with Gasteiger partial charge in [0.1, 0.15) is 0 Å². The van der Waals surface area contributed by atoms with E-state index in [2.05, 4.69) is 29.2 Å². The lowest BCUT2D eigenvalue weighted by Crippen LogP contribution is -2.29. The molecule has 2 aromatic rings. The SMILES string of the molecule is CCNCCN(C)c1ccnc2cc(Cl)ccc12. The first kappa shape index (κ1) is 13.1. The molecule has 2 rings (SSSR count). The summed E-state index contributed by atoms with van der Waals surface area (Å²) in [4.78, 5) is 6.59. The molecule has 0 unspecified atom stereocenters. The number of pyridine rings is 1. The van der Waals surface area contributed by atoms with Gasteiger partial charge < -0.3 is 10.2 Å². The highest BCUT2D eigenvalue weighted by atomic mass is 35.5. The number of aromatic nitrogens is 1. The quantitative estimate of drug-likeness (QED) is 0.841. The van der Waals surface area contributed by atoms with Crippen LogP contribution < -0.4 is 10.2 Å². The number of likely N-dealkylation sites (N-methyl/N-ethyl adjacent to an activating group) is 2. The van der Waals surface area contributed by atoms with Gasteiger partial charge in [-0.2, -0.15) is 0 Å². The Balaban J connectivity index is 2.27. The Labute approximate surface area is 113 Å². The van der Waals surface area contributed by atoms with Crippen molar-refractivity contribution in [1.82, 2.24) is 10.3 Å². The van der Waals surface area contributed by atoms with E-state index in [9.17, 15) is 0 Å². The van der Waals surface area contributed by atoms with Crippen molar-refractivity contribution in [2.24, 2.45) is 0 Å². The van der Waals surface area contributed by atoms with Gasteiger partial charge in [0.2, 0.25) is 0 Å². The summed E-state index contributed by atoms with van der Waals surface area (Å²) in [5, 5.41) is 5.19. The Hall–Kier alpha value is -1.32. The average Bonchev–Trinajstić information content (AvgIpc) is 2.37. The Morgan fingerprint density at radius 1 is 1.33 bits per heavy atom. The second-order valence-corrected chi connectivity index (χ2v) is 4.70. The lowest BCUT2D eigenvalue weighted by atomic mass is 10.2. The van der Waals surface area contributed by atoms with Crippen molar-refractivity contribution in [2.75, 3.05) is 31.6 Å². The molecule has 3 nitrogen and oxygen atoms in total. The van der Waals surface area contributed by atoms with Gasteiger partial charge in [0.15, 0.2) is 0 Å². The van der Waals surface area contributed by atoms with E-state index in [4.69, 9.17) is 11.6 Å². The smallest absolute Gasteiger partial charge is 0.0737 e. The van der Waals surface area contributed by atoms with Crippen LogP contribution in [0.3, 0.4) is 0 Å². The highest BCUT2D eigenvalue weighted by molar-refractivity contribution is 6.31. The van der Waals surface area contributed by atoms with Gasteiger partial charge in [-0.25, -0.2) is 0 Å². The van der Waals surface area contributed by atoms with Crippen LogP contribution in [0.15, 0.2) is 30.5 Å². The van der Waals surface area contributed by atoms with E-state index in [1.807, 2.05) is 30.5 Å². The highest BCUT2D eigenvalue weighted by Gasteiger charge is 2.06. The standard InChI is InChI=1S/C14H18ClN3/c1-3-16-8-9-18(2)14-6-7-17-13-10-11(15)4-5-12(13)14/h4-7,10,16H,3,8-9H2,1-2H3. The molecule has 0 amide bonds. The fraction of sp³-hybridized carbons (Fsp3) is 0.357. The number of halogens is 1. The first-order valence-corrected chi connectivity index (χ1v) is 6.56. The van der Waals surface area contributed by atoms with E-state index >= 15 is 0 Å². The molecule has 0 fully saturated rings. The van der Waals surface area contributed by atoms with Crippen LogP contribution >= 0.6 is 11.6 Å². The van der Waals surface area contributed by atoms with E-state index in [0.717, 1.165) is 35.6 Å². The van der Waals surface area contributed by atoms with E-state index in [-0.39, 0.29) is 0 Å². The Morgan fingerprint density at radius 3 is 2.94 bits per heavy atom. The third kappa shape index (κ3) is 2.92. The summed E-state index contributed by atoms with van der Waals surface area (Å²) in [6.07, 6.45) is 1.83. The highest BCUT2D eigenvalue weighted by Crippen LogP contribution is 2.26. The number of nitrogens with one attached hydrogen (secondary N) is 1. The Morgan fingerprint density at radius 2 is 2.17 bits per heavy atom. The monoisotopic (exact) mass is 263 g/mol. The first-order valence-electron chi connectivity index (χ1n) is 6.18. The molecule has 0 saturated carbocycles. The van der Waals surface area contributed by atoms with Crippen LogP contribution in [0.4, 0.5) is 5.69 Å². The molecule has 0 aliphatic heterocycles. The van der Waals surface area contributed by atoms with Crippen molar-refractivity contribution in [3.05, 3.63) is 35.5 Å². The summed E-state index contributed by atoms with van der Waals surface area (Å²) in [7, 11) is 2.10. The van der Waals surface area contributed by atoms with Crippen LogP contribution in [-0.2, 0) is 0 Å². The molecule has 18 heavy (non-hydrogen) atoms. The molecule has 4 heteroatoms. The molecule has 0 spiro atoms. The van der Waals surface area contributed by atoms with Gasteiger partial charge in [-0.3, -0.25) is 4.98 Å². The fourth-order valence-electron chi connectivity index (χ4n) is 1.98. The maximum atomic E-state index is 5.99. The number of fused-ring (bicyclic) bond motifs is 1. The zero-order chi connectivity index (χ0) is 13.0. The molecule has 0 aliphatic carbocycles. The Kier molecular flexibility index (Phi) is 4.39. The van der Waals surface area contributed by atoms with Crippen LogP contribution in [0, 0.1) is 0 Å². The minimum absolute atomic E-state index is 0.724. The molecule has 0 radical (unpaired) electrons. The van der Waals surface area contributed by atoms with Crippen molar-refractivity contribution in [3.63, 3.8) is 0 Å². The van der Waals surface area contributed by atoms with Gasteiger partial charge in [0.25, 0.3) is 0 Å². The number of benzene rings is 1. The summed E-state index contributed by atoms with van der Waals surface area (Å²) in [5.41, 5.74) is 2.13. The van der Waals surface area contributed by atoms with Crippen LogP contribution in [-0.4, -0.2) is 31.7 Å². The van der Waals surface area contributed by atoms with Gasteiger partial charge in [0, 0.05) is 42.4 Å². The second-order valence-electron chi connectivity index (χ2n) is 4.27. The first-order chi connectivity index (χ1) is 8.72. The summed E-state index contributed by atoms with van der Waals surface area (Å²) >= 11 is 5.99. The van der Waals surface area contributed by atoms with Crippen LogP contribution in [0.25, 0.3) is 10.9 Å². The zero-order valence-electron chi connectivity index (χ0n) is 10.8. The zero-order valence-corrected chi connectivity index (χ0v) is 11.5. The summed E-state index contributed by atoms with van der Waals surface area (Å²) < 4.78 is 0. The third-order valence-electron chi connectivity index (χ3n) is 2.97. The maximum absolute atomic E-state index is 5.99. The average molecular weight is 264 g/mol. The van der Waals surface area contributed by atoms with Gasteiger partial charge in [0.05, 0.1) is 5.52 Å². The maximum Gasteiger partial charge on any atom is 0.0737 e. The molecular formula is C14H18ClN3. The van der Waals surface area contributed by atoms with Crippen LogP contribution in [0.1, 0.15) is 6.92 Å². The Bertz CT molecular complexity index is 527. The van der Waals surface area contributed by atoms with Crippen molar-refractivity contribution < 1.29 is 0 Å². The molecule has 0 bridgehead atoms. The largest absolute Gasteiger partial charge is 0.373 e. The summed E-state index contributed by atoms with van der Waals surface area (Å²) in [6.45, 7) is 5.06. The predicted molar refractivity (Wildman–Crippen MR) is 78.6 cm³/mol. The van der Waals surface area contributed by atoms with Gasteiger partial charge >= 0.3 is 0 Å². The normalized spacial score (nSPS) is 10.8. The van der Waals surface area contributed by atoms with E-state index in [1.165, 1.54) is 5.69 Å². The van der Waals surface area contributed by atoms with Crippen LogP contribution in [0.2, 0.25) is 5.02 Å². The topological polar surface area (TPSA) is 28.2 Å². The lowest BCUT2D eigenvalue weighted by molar-refractivity contribution is 0.707. The molecule has 1 aromatic heterocycles. The summed E-state index contributed by atoms with van der Waals surface area (Å²) in [6, 6.07) is 7.89. The fourth-order valence-corrected chi connectivity index (χ4v) is 2.15. The van der Waals surface area contributed by atoms with E-state index in [0.29, 0.717) is 0 Å². The lowest BCUT2D eigenvalue weighted by Gasteiger charge is -2.21. The van der Waals surface area contributed by atoms with Gasteiger partial charge in [-0.05, 0) is 30.8 Å². The van der Waals surface area contributed by atoms with Crippen molar-refractivity contribution in [2.45, 2.75) is 6.92 Å². The third-order valence-corrected chi connectivity index (χ3v) is 3.20. The van der Waals surface area contributed by atoms with Crippen molar-refractivity contribution in [3.8, 4) is 0 Å². The number of rotatable bonds is 5. The molecule has 1 heterocycles. The van der Waals surface area contributed by atoms with Crippen molar-refractivity contribution >= 4 is 28.2 Å². The number of hydrogen-bond donors (Lipinski definition) is 1. The van der Waals surface area contributed by atoms with Crippen molar-refractivity contribution in [1.29, 1.82) is 0 Å². The summed E-state index contributed by atoms with van der Waals surface area (Å²) in [5.74, 6) is 0. The molecule has 0 saturated heterocycles. The predicted octanol–water partition coefficient (Wildman–Crippen LogP) is 2.93. The van der Waals surface area contributed by atoms with Gasteiger partial charge in [-0.1, -0.05) is 18.5 Å². The molecular weight excluding hydrogens is 246 g/mol. The molecule has 1 aromatic carbocycles. The molecule has 0 atom stereocenters. The molecule has 96 valence electrons. The minimum atomic E-state index is 0.724. The number of anilines is 1. The number of nitrogens with zero attached hydrogens (tertiary/aromatic N) is 2. The van der Waals surface area contributed by atoms with E-state index in [1.54, 1.807) is 0 Å².